The molecule has 1 aliphatic rings. The van der Waals surface area contributed by atoms with Crippen LogP contribution >= 0.6 is 11.3 Å². The third-order valence-corrected chi connectivity index (χ3v) is 8.11. The van der Waals surface area contributed by atoms with Crippen molar-refractivity contribution in [1.29, 1.82) is 0 Å². The lowest BCUT2D eigenvalue weighted by Crippen LogP contribution is -2.41. The number of hydrogen-bond acceptors (Lipinski definition) is 4. The van der Waals surface area contributed by atoms with Crippen LogP contribution in [-0.2, 0) is 9.31 Å². The summed E-state index contributed by atoms with van der Waals surface area (Å²) < 4.78 is 15.2. The molecule has 0 amide bonds. The van der Waals surface area contributed by atoms with Gasteiger partial charge in [-0.05, 0) is 45.3 Å². The average Bonchev–Trinajstić information content (AvgIpc) is 3.27. The number of para-hydroxylation sites is 1. The Hall–Kier alpha value is -2.73. The Balaban J connectivity index is 1.63. The smallest absolute Gasteiger partial charge is 0.399 e. The van der Waals surface area contributed by atoms with Crippen LogP contribution in [0.15, 0.2) is 72.8 Å². The van der Waals surface area contributed by atoms with Crippen LogP contribution in [0.3, 0.4) is 0 Å². The third kappa shape index (κ3) is 2.92. The molecule has 0 atom stereocenters. The molecular weight excluding hydrogens is 413 g/mol. The highest BCUT2D eigenvalue weighted by molar-refractivity contribution is 7.26. The molecule has 0 saturated carbocycles. The van der Waals surface area contributed by atoms with E-state index < -0.39 is 0 Å². The number of nitrogens with zero attached hydrogens (tertiary/aromatic N) is 1. The molecule has 1 aliphatic heterocycles. The molecule has 0 unspecified atom stereocenters. The van der Waals surface area contributed by atoms with Crippen LogP contribution < -0.4 is 5.46 Å². The zero-order chi connectivity index (χ0) is 22.1. The van der Waals surface area contributed by atoms with E-state index in [-0.39, 0.29) is 18.3 Å². The standard InChI is InChI=1S/C27H24BNO2S/c1-26(2)27(3,4)31-28(30-26)18-14-15-22-20(16-18)23-24(17-10-6-5-7-11-17)29-21-13-9-8-12-19(21)25(23)32-22/h5-16H,1-4H3. The van der Waals surface area contributed by atoms with E-state index in [2.05, 4.69) is 94.4 Å². The first-order valence-corrected chi connectivity index (χ1v) is 11.8. The molecule has 1 fully saturated rings. The van der Waals surface area contributed by atoms with Gasteiger partial charge in [-0.25, -0.2) is 4.98 Å². The quantitative estimate of drug-likeness (QED) is 0.293. The van der Waals surface area contributed by atoms with E-state index in [4.69, 9.17) is 14.3 Å². The van der Waals surface area contributed by atoms with Crippen LogP contribution in [0.5, 0.6) is 0 Å². The average molecular weight is 437 g/mol. The zero-order valence-electron chi connectivity index (χ0n) is 18.7. The fraction of sp³-hybridized carbons (Fsp3) is 0.222. The third-order valence-electron chi connectivity index (χ3n) is 6.90. The molecule has 158 valence electrons. The Morgan fingerprint density at radius 1 is 0.781 bits per heavy atom. The van der Waals surface area contributed by atoms with Crippen molar-refractivity contribution < 1.29 is 9.31 Å². The lowest BCUT2D eigenvalue weighted by atomic mass is 9.78. The Labute approximate surface area is 192 Å². The minimum absolute atomic E-state index is 0.365. The summed E-state index contributed by atoms with van der Waals surface area (Å²) in [5.74, 6) is 0. The molecule has 32 heavy (non-hydrogen) atoms. The lowest BCUT2D eigenvalue weighted by Gasteiger charge is -2.32. The predicted molar refractivity (Wildman–Crippen MR) is 136 cm³/mol. The maximum atomic E-state index is 6.34. The highest BCUT2D eigenvalue weighted by atomic mass is 32.1. The van der Waals surface area contributed by atoms with Crippen molar-refractivity contribution in [3.05, 3.63) is 72.8 Å². The maximum Gasteiger partial charge on any atom is 0.494 e. The Bertz CT molecular complexity index is 1470. The fourth-order valence-electron chi connectivity index (χ4n) is 4.41. The van der Waals surface area contributed by atoms with Gasteiger partial charge in [-0.15, -0.1) is 11.3 Å². The molecule has 3 heterocycles. The highest BCUT2D eigenvalue weighted by Gasteiger charge is 2.51. The van der Waals surface area contributed by atoms with Gasteiger partial charge in [-0.2, -0.15) is 0 Å². The van der Waals surface area contributed by atoms with E-state index in [9.17, 15) is 0 Å². The SMILES string of the molecule is CC1(C)OB(c2ccc3sc4c5ccccc5nc(-c5ccccc5)c4c3c2)OC1(C)C. The van der Waals surface area contributed by atoms with Crippen LogP contribution in [0.2, 0.25) is 0 Å². The topological polar surface area (TPSA) is 31.4 Å². The molecule has 0 spiro atoms. The van der Waals surface area contributed by atoms with Crippen molar-refractivity contribution >= 4 is 55.0 Å². The molecule has 0 N–H and O–H groups in total. The first kappa shape index (κ1) is 19.9. The molecule has 2 aromatic heterocycles. The van der Waals surface area contributed by atoms with Crippen molar-refractivity contribution in [1.82, 2.24) is 4.98 Å². The number of hydrogen-bond donors (Lipinski definition) is 0. The van der Waals surface area contributed by atoms with Crippen molar-refractivity contribution in [2.75, 3.05) is 0 Å². The molecule has 3 aromatic carbocycles. The summed E-state index contributed by atoms with van der Waals surface area (Å²) in [4.78, 5) is 5.11. The summed E-state index contributed by atoms with van der Waals surface area (Å²) in [6.45, 7) is 8.37. The van der Waals surface area contributed by atoms with Gasteiger partial charge in [0.15, 0.2) is 0 Å². The molecule has 6 rings (SSSR count). The van der Waals surface area contributed by atoms with Crippen molar-refractivity contribution in [2.24, 2.45) is 0 Å². The minimum atomic E-state index is -0.382. The van der Waals surface area contributed by atoms with Gasteiger partial charge in [0.2, 0.25) is 0 Å². The Kier molecular flexibility index (Phi) is 4.29. The second kappa shape index (κ2) is 6.88. The normalized spacial score (nSPS) is 17.6. The van der Waals surface area contributed by atoms with Crippen molar-refractivity contribution in [3.63, 3.8) is 0 Å². The van der Waals surface area contributed by atoms with Gasteiger partial charge in [-0.3, -0.25) is 0 Å². The molecule has 3 nitrogen and oxygen atoms in total. The monoisotopic (exact) mass is 437 g/mol. The van der Waals surface area contributed by atoms with Gasteiger partial charge in [0.1, 0.15) is 0 Å². The molecule has 5 heteroatoms. The first-order valence-electron chi connectivity index (χ1n) is 11.0. The number of aromatic nitrogens is 1. The van der Waals surface area contributed by atoms with Gasteiger partial charge in [0, 0.05) is 31.1 Å². The van der Waals surface area contributed by atoms with E-state index in [0.717, 1.165) is 22.2 Å². The molecule has 0 bridgehead atoms. The van der Waals surface area contributed by atoms with Gasteiger partial charge in [0.25, 0.3) is 0 Å². The highest BCUT2D eigenvalue weighted by Crippen LogP contribution is 2.43. The summed E-state index contributed by atoms with van der Waals surface area (Å²) in [6, 6.07) is 25.4. The van der Waals surface area contributed by atoms with Crippen LogP contribution in [0.25, 0.3) is 42.3 Å². The van der Waals surface area contributed by atoms with E-state index in [0.29, 0.717) is 0 Å². The molecule has 0 aliphatic carbocycles. The van der Waals surface area contributed by atoms with Gasteiger partial charge in [0.05, 0.1) is 22.4 Å². The van der Waals surface area contributed by atoms with Crippen molar-refractivity contribution in [2.45, 2.75) is 38.9 Å². The van der Waals surface area contributed by atoms with Gasteiger partial charge >= 0.3 is 7.12 Å². The Morgan fingerprint density at radius 3 is 2.22 bits per heavy atom. The molecule has 0 radical (unpaired) electrons. The Morgan fingerprint density at radius 2 is 1.47 bits per heavy atom. The van der Waals surface area contributed by atoms with Crippen LogP contribution in [-0.4, -0.2) is 23.3 Å². The summed E-state index contributed by atoms with van der Waals surface area (Å²) in [5.41, 5.74) is 3.49. The minimum Gasteiger partial charge on any atom is -0.399 e. The number of benzene rings is 3. The number of thiophene rings is 1. The van der Waals surface area contributed by atoms with E-state index in [1.54, 1.807) is 0 Å². The number of rotatable bonds is 2. The fourth-order valence-corrected chi connectivity index (χ4v) is 5.63. The summed E-state index contributed by atoms with van der Waals surface area (Å²) >= 11 is 1.83. The van der Waals surface area contributed by atoms with Crippen LogP contribution in [0.1, 0.15) is 27.7 Å². The molecule has 1 saturated heterocycles. The van der Waals surface area contributed by atoms with E-state index in [1.807, 2.05) is 17.4 Å². The van der Waals surface area contributed by atoms with Gasteiger partial charge in [-0.1, -0.05) is 60.7 Å². The largest absolute Gasteiger partial charge is 0.494 e. The van der Waals surface area contributed by atoms with Gasteiger partial charge < -0.3 is 9.31 Å². The predicted octanol–water partition coefficient (Wildman–Crippen LogP) is 6.57. The molecule has 5 aromatic rings. The maximum absolute atomic E-state index is 6.34. The second-order valence-corrected chi connectivity index (χ2v) is 10.5. The van der Waals surface area contributed by atoms with E-state index >= 15 is 0 Å². The second-order valence-electron chi connectivity index (χ2n) is 9.49. The zero-order valence-corrected chi connectivity index (χ0v) is 19.5. The number of fused-ring (bicyclic) bond motifs is 5. The summed E-state index contributed by atoms with van der Waals surface area (Å²) in [6.07, 6.45) is 0. The summed E-state index contributed by atoms with van der Waals surface area (Å²) in [5, 5.41) is 3.60. The van der Waals surface area contributed by atoms with Crippen molar-refractivity contribution in [3.8, 4) is 11.3 Å². The van der Waals surface area contributed by atoms with Crippen LogP contribution in [0.4, 0.5) is 0 Å². The molecular formula is C27H24BNO2S. The summed E-state index contributed by atoms with van der Waals surface area (Å²) in [7, 11) is -0.382. The first-order chi connectivity index (χ1) is 15.3. The van der Waals surface area contributed by atoms with Crippen LogP contribution in [0, 0.1) is 0 Å². The van der Waals surface area contributed by atoms with E-state index in [1.165, 1.54) is 25.6 Å². The number of pyridine rings is 1. The lowest BCUT2D eigenvalue weighted by molar-refractivity contribution is 0.00578.